The summed E-state index contributed by atoms with van der Waals surface area (Å²) in [5.41, 5.74) is 8.22. The zero-order chi connectivity index (χ0) is 45.1. The lowest BCUT2D eigenvalue weighted by Crippen LogP contribution is -2.39. The quantitative estimate of drug-likeness (QED) is 0.158. The van der Waals surface area contributed by atoms with Crippen molar-refractivity contribution in [2.45, 2.75) is 70.6 Å². The summed E-state index contributed by atoms with van der Waals surface area (Å²) in [5.74, 6) is 1.94. The van der Waals surface area contributed by atoms with Gasteiger partial charge in [0, 0.05) is 96.2 Å². The maximum atomic E-state index is 13.6. The first-order valence-electron chi connectivity index (χ1n) is 22.5. The average molecular weight is 970 g/mol. The van der Waals surface area contributed by atoms with Gasteiger partial charge in [-0.25, -0.2) is 9.98 Å². The molecular formula is C53H47Cl3N6O2S2. The molecule has 10 rings (SSSR count). The number of hydrogen-bond donors (Lipinski definition) is 2. The lowest BCUT2D eigenvalue weighted by atomic mass is 9.88. The number of aliphatic imine (C=N–C) groups is 2. The van der Waals surface area contributed by atoms with Gasteiger partial charge in [-0.1, -0.05) is 113 Å². The summed E-state index contributed by atoms with van der Waals surface area (Å²) in [4.78, 5) is 47.1. The SMILES string of the molecule is O=C(NCCc1cccc(Cl)c1)c1ccc2c(c1)N=C(N1CCC(c3cccc4c3Sc3ccc(C(=O)NCc5ccc(Cl)cc5Cl)cc3N=C4N3CCCCC3)CC1)c1ccccc1S2. The average Bonchev–Trinajstić information content (AvgIpc) is 3.61. The summed E-state index contributed by atoms with van der Waals surface area (Å²) in [7, 11) is 0. The van der Waals surface area contributed by atoms with Crippen molar-refractivity contribution in [3.05, 3.63) is 175 Å². The third kappa shape index (κ3) is 9.76. The number of hydrogen-bond acceptors (Lipinski definition) is 8. The predicted octanol–water partition coefficient (Wildman–Crippen LogP) is 13.0. The predicted molar refractivity (Wildman–Crippen MR) is 271 cm³/mol. The lowest BCUT2D eigenvalue weighted by molar-refractivity contribution is 0.0944. The molecule has 0 radical (unpaired) electrons. The molecule has 334 valence electrons. The summed E-state index contributed by atoms with van der Waals surface area (Å²) >= 11 is 22.2. The molecule has 2 N–H and O–H groups in total. The monoisotopic (exact) mass is 968 g/mol. The fourth-order valence-electron chi connectivity index (χ4n) is 9.20. The van der Waals surface area contributed by atoms with E-state index < -0.39 is 0 Å². The Labute approximate surface area is 409 Å². The Morgan fingerprint density at radius 2 is 1.26 bits per heavy atom. The number of benzene rings is 6. The van der Waals surface area contributed by atoms with Crippen molar-refractivity contribution in [3.63, 3.8) is 0 Å². The molecule has 0 saturated carbocycles. The molecule has 0 spiro atoms. The maximum Gasteiger partial charge on any atom is 0.251 e. The van der Waals surface area contributed by atoms with Crippen LogP contribution >= 0.6 is 58.3 Å². The highest BCUT2D eigenvalue weighted by Gasteiger charge is 2.32. The van der Waals surface area contributed by atoms with Gasteiger partial charge >= 0.3 is 0 Å². The summed E-state index contributed by atoms with van der Waals surface area (Å²) in [6.45, 7) is 4.35. The molecule has 4 aliphatic rings. The number of amidine groups is 2. The number of fused-ring (bicyclic) bond motifs is 4. The van der Waals surface area contributed by atoms with E-state index in [-0.39, 0.29) is 18.4 Å². The van der Waals surface area contributed by atoms with Gasteiger partial charge in [-0.3, -0.25) is 9.59 Å². The summed E-state index contributed by atoms with van der Waals surface area (Å²) in [6, 6.07) is 40.0. The van der Waals surface area contributed by atoms with E-state index in [1.54, 1.807) is 35.7 Å². The van der Waals surface area contributed by atoms with Crippen LogP contribution < -0.4 is 10.6 Å². The third-order valence-corrected chi connectivity index (χ3v) is 15.9. The Morgan fingerprint density at radius 1 is 0.606 bits per heavy atom. The topological polar surface area (TPSA) is 89.4 Å². The van der Waals surface area contributed by atoms with Crippen LogP contribution in [0.2, 0.25) is 15.1 Å². The minimum Gasteiger partial charge on any atom is -0.356 e. The van der Waals surface area contributed by atoms with E-state index in [9.17, 15) is 9.59 Å². The molecule has 66 heavy (non-hydrogen) atoms. The molecular weight excluding hydrogens is 923 g/mol. The Balaban J connectivity index is 0.893. The first kappa shape index (κ1) is 44.6. The highest BCUT2D eigenvalue weighted by molar-refractivity contribution is 8.00. The van der Waals surface area contributed by atoms with Crippen molar-refractivity contribution in [1.82, 2.24) is 20.4 Å². The molecule has 2 amide bonds. The fourth-order valence-corrected chi connectivity index (χ4v) is 12.1. The maximum absolute atomic E-state index is 13.6. The van der Waals surface area contributed by atoms with Gasteiger partial charge in [0.25, 0.3) is 11.8 Å². The summed E-state index contributed by atoms with van der Waals surface area (Å²) in [5, 5.41) is 7.89. The van der Waals surface area contributed by atoms with E-state index in [1.165, 1.54) is 16.9 Å². The zero-order valence-electron chi connectivity index (χ0n) is 36.2. The Kier molecular flexibility index (Phi) is 13.5. The number of nitrogens with one attached hydrogen (secondary N) is 2. The number of rotatable bonds is 8. The number of carbonyl (C=O) groups excluding carboxylic acids is 2. The number of nitrogens with zero attached hydrogens (tertiary/aromatic N) is 4. The second kappa shape index (κ2) is 19.9. The zero-order valence-corrected chi connectivity index (χ0v) is 40.1. The van der Waals surface area contributed by atoms with Crippen molar-refractivity contribution in [3.8, 4) is 0 Å². The first-order chi connectivity index (χ1) is 32.2. The highest BCUT2D eigenvalue weighted by atomic mass is 35.5. The second-order valence-corrected chi connectivity index (χ2v) is 20.4. The molecule has 6 aromatic carbocycles. The first-order valence-corrected chi connectivity index (χ1v) is 25.3. The molecule has 4 heterocycles. The number of piperidine rings is 2. The van der Waals surface area contributed by atoms with E-state index in [1.807, 2.05) is 66.7 Å². The molecule has 13 heteroatoms. The third-order valence-electron chi connectivity index (χ3n) is 12.7. The molecule has 0 aromatic heterocycles. The Bertz CT molecular complexity index is 2910. The van der Waals surface area contributed by atoms with Crippen LogP contribution in [-0.4, -0.2) is 66.0 Å². The molecule has 2 fully saturated rings. The summed E-state index contributed by atoms with van der Waals surface area (Å²) < 4.78 is 0. The van der Waals surface area contributed by atoms with Crippen molar-refractivity contribution in [2.75, 3.05) is 32.7 Å². The molecule has 4 aliphatic heterocycles. The van der Waals surface area contributed by atoms with Crippen LogP contribution in [0.25, 0.3) is 0 Å². The van der Waals surface area contributed by atoms with Crippen LogP contribution in [0.15, 0.2) is 151 Å². The van der Waals surface area contributed by atoms with Crippen LogP contribution in [0.1, 0.15) is 86.6 Å². The smallest absolute Gasteiger partial charge is 0.251 e. The molecule has 6 aromatic rings. The highest BCUT2D eigenvalue weighted by Crippen LogP contribution is 2.47. The van der Waals surface area contributed by atoms with Crippen molar-refractivity contribution < 1.29 is 9.59 Å². The minimum absolute atomic E-state index is 0.123. The van der Waals surface area contributed by atoms with Gasteiger partial charge in [0.2, 0.25) is 0 Å². The summed E-state index contributed by atoms with van der Waals surface area (Å²) in [6.07, 6.45) is 6.05. The normalized spacial score (nSPS) is 15.8. The number of likely N-dealkylation sites (tertiary alicyclic amines) is 2. The van der Waals surface area contributed by atoms with Crippen LogP contribution in [0, 0.1) is 0 Å². The van der Waals surface area contributed by atoms with Crippen LogP contribution in [0.5, 0.6) is 0 Å². The van der Waals surface area contributed by atoms with Crippen LogP contribution in [0.4, 0.5) is 11.4 Å². The van der Waals surface area contributed by atoms with E-state index in [0.717, 1.165) is 112 Å². The van der Waals surface area contributed by atoms with Crippen molar-refractivity contribution in [1.29, 1.82) is 0 Å². The second-order valence-electron chi connectivity index (χ2n) is 17.0. The Hall–Kier alpha value is -5.23. The van der Waals surface area contributed by atoms with E-state index in [2.05, 4.69) is 62.9 Å². The van der Waals surface area contributed by atoms with Gasteiger partial charge in [0.15, 0.2) is 0 Å². The van der Waals surface area contributed by atoms with Crippen molar-refractivity contribution >= 4 is 93.2 Å². The van der Waals surface area contributed by atoms with E-state index >= 15 is 0 Å². The van der Waals surface area contributed by atoms with Crippen molar-refractivity contribution in [2.24, 2.45) is 9.98 Å². The largest absolute Gasteiger partial charge is 0.356 e. The number of halogens is 3. The van der Waals surface area contributed by atoms with Gasteiger partial charge in [0.1, 0.15) is 11.7 Å². The Morgan fingerprint density at radius 3 is 2.00 bits per heavy atom. The fraction of sp³-hybridized carbons (Fsp3) is 0.245. The van der Waals surface area contributed by atoms with Gasteiger partial charge in [-0.05, 0) is 128 Å². The molecule has 2 saturated heterocycles. The lowest BCUT2D eigenvalue weighted by Gasteiger charge is -2.36. The van der Waals surface area contributed by atoms with E-state index in [0.29, 0.717) is 45.1 Å². The molecule has 0 atom stereocenters. The number of amides is 2. The van der Waals surface area contributed by atoms with Crippen LogP contribution in [-0.2, 0) is 13.0 Å². The minimum atomic E-state index is -0.187. The van der Waals surface area contributed by atoms with Gasteiger partial charge < -0.3 is 20.4 Å². The molecule has 0 aliphatic carbocycles. The molecule has 0 unspecified atom stereocenters. The van der Waals surface area contributed by atoms with Crippen LogP contribution in [0.3, 0.4) is 0 Å². The van der Waals surface area contributed by atoms with Gasteiger partial charge in [0.05, 0.1) is 11.4 Å². The molecule has 0 bridgehead atoms. The van der Waals surface area contributed by atoms with Gasteiger partial charge in [-0.15, -0.1) is 0 Å². The molecule has 8 nitrogen and oxygen atoms in total. The number of carbonyl (C=O) groups is 2. The van der Waals surface area contributed by atoms with Gasteiger partial charge in [-0.2, -0.15) is 0 Å². The standard InChI is InChI=1S/C53H47Cl3N6O2S2/c54-38-9-6-8-33(28-38)20-23-57-52(63)35-15-18-47-44(29-35)59-50(41-10-2-3-13-46(41)65-47)62-26-21-34(22-27-62)40-11-7-12-42-49(40)66-48-19-16-36(30-45(48)60-51(42)61-24-4-1-5-25-61)53(64)58-32-37-14-17-39(55)31-43(37)56/h2-3,6-19,28-31,34H,1,4-5,20-27,32H2,(H,57,63)(H,58,64). The van der Waals surface area contributed by atoms with E-state index in [4.69, 9.17) is 44.8 Å².